The Morgan fingerprint density at radius 3 is 2.22 bits per heavy atom. The normalized spacial score (nSPS) is 23.4. The van der Waals surface area contributed by atoms with Crippen LogP contribution in [-0.4, -0.2) is 23.9 Å². The van der Waals surface area contributed by atoms with Crippen molar-refractivity contribution in [1.82, 2.24) is 0 Å². The van der Waals surface area contributed by atoms with E-state index in [0.717, 1.165) is 5.56 Å². The minimum atomic E-state index is -0.908. The van der Waals surface area contributed by atoms with E-state index in [1.165, 1.54) is 6.07 Å². The summed E-state index contributed by atoms with van der Waals surface area (Å²) < 4.78 is 32.3. The summed E-state index contributed by atoms with van der Waals surface area (Å²) in [6.07, 6.45) is 1.22. The molecule has 4 nitrogen and oxygen atoms in total. The van der Waals surface area contributed by atoms with Gasteiger partial charge in [-0.15, -0.1) is 0 Å². The van der Waals surface area contributed by atoms with Gasteiger partial charge in [0.25, 0.3) is 0 Å². The van der Waals surface area contributed by atoms with Crippen LogP contribution in [0.5, 0.6) is 5.75 Å². The van der Waals surface area contributed by atoms with Gasteiger partial charge in [0.05, 0.1) is 11.2 Å². The number of nitriles is 1. The molecule has 0 unspecified atom stereocenters. The van der Waals surface area contributed by atoms with E-state index in [9.17, 15) is 9.65 Å². The zero-order chi connectivity index (χ0) is 17.0. The van der Waals surface area contributed by atoms with Gasteiger partial charge >= 0.3 is 7.12 Å². The monoisotopic (exact) mass is 317 g/mol. The summed E-state index contributed by atoms with van der Waals surface area (Å²) in [5.74, 6) is -0.426. The van der Waals surface area contributed by atoms with Gasteiger partial charge in [0, 0.05) is 18.3 Å². The highest BCUT2D eigenvalue weighted by Gasteiger charge is 2.54. The molecule has 122 valence electrons. The minimum Gasteiger partial charge on any atom is -0.470 e. The molecule has 0 radical (unpaired) electrons. The first-order chi connectivity index (χ1) is 10.6. The molecule has 0 aromatic heterocycles. The van der Waals surface area contributed by atoms with Crippen LogP contribution in [-0.2, 0) is 9.31 Å². The highest BCUT2D eigenvalue weighted by atomic mass is 19.1. The van der Waals surface area contributed by atoms with Crippen molar-refractivity contribution in [3.8, 4) is 11.8 Å². The molecule has 1 heterocycles. The second-order valence-electron chi connectivity index (χ2n) is 7.46. The summed E-state index contributed by atoms with van der Waals surface area (Å²) in [6.45, 7) is 9.57. The maximum Gasteiger partial charge on any atom is 0.498 e. The van der Waals surface area contributed by atoms with Crippen LogP contribution in [0.4, 0.5) is 4.39 Å². The van der Waals surface area contributed by atoms with Crippen LogP contribution in [0, 0.1) is 24.1 Å². The summed E-state index contributed by atoms with van der Waals surface area (Å²) >= 11 is 0. The van der Waals surface area contributed by atoms with Crippen LogP contribution >= 0.6 is 0 Å². The molecular formula is C17H21BFNO3. The maximum atomic E-state index is 14.5. The Kier molecular flexibility index (Phi) is 3.51. The van der Waals surface area contributed by atoms with Gasteiger partial charge in [-0.25, -0.2) is 4.39 Å². The fourth-order valence-corrected chi connectivity index (χ4v) is 2.55. The number of aryl methyl sites for hydroxylation is 1. The lowest BCUT2D eigenvalue weighted by Gasteiger charge is -2.32. The predicted molar refractivity (Wildman–Crippen MR) is 85.1 cm³/mol. The standard InChI is InChI=1S/C17H21BFNO3/c1-11-8-12(18-22-15(2,3)16(4,5)23-18)14(13(19)9-11)21-17(10-20)6-7-17/h8-9H,6-7H2,1-5H3. The van der Waals surface area contributed by atoms with E-state index >= 15 is 0 Å². The number of hydrogen-bond acceptors (Lipinski definition) is 4. The van der Waals surface area contributed by atoms with Crippen molar-refractivity contribution in [3.63, 3.8) is 0 Å². The van der Waals surface area contributed by atoms with Crippen molar-refractivity contribution in [2.75, 3.05) is 0 Å². The van der Waals surface area contributed by atoms with Gasteiger partial charge in [0.1, 0.15) is 6.07 Å². The summed E-state index contributed by atoms with van der Waals surface area (Å²) in [5, 5.41) is 9.23. The van der Waals surface area contributed by atoms with Crippen LogP contribution in [0.1, 0.15) is 46.1 Å². The molecule has 1 aromatic carbocycles. The van der Waals surface area contributed by atoms with Crippen molar-refractivity contribution in [2.24, 2.45) is 0 Å². The number of ether oxygens (including phenoxy) is 1. The van der Waals surface area contributed by atoms with E-state index in [0.29, 0.717) is 18.3 Å². The van der Waals surface area contributed by atoms with Crippen molar-refractivity contribution in [1.29, 1.82) is 5.26 Å². The Bertz CT molecular complexity index is 676. The van der Waals surface area contributed by atoms with Crippen molar-refractivity contribution in [2.45, 2.75) is 64.3 Å². The topological polar surface area (TPSA) is 51.5 Å². The molecule has 1 aromatic rings. The zero-order valence-electron chi connectivity index (χ0n) is 14.2. The van der Waals surface area contributed by atoms with Gasteiger partial charge in [0.2, 0.25) is 0 Å². The Balaban J connectivity index is 2.01. The lowest BCUT2D eigenvalue weighted by molar-refractivity contribution is 0.00578. The highest BCUT2D eigenvalue weighted by molar-refractivity contribution is 6.63. The molecule has 23 heavy (non-hydrogen) atoms. The molecule has 0 N–H and O–H groups in total. The molecule has 1 aliphatic carbocycles. The first-order valence-electron chi connectivity index (χ1n) is 7.85. The summed E-state index contributed by atoms with van der Waals surface area (Å²) in [7, 11) is -0.723. The lowest BCUT2D eigenvalue weighted by atomic mass is 9.77. The van der Waals surface area contributed by atoms with E-state index in [2.05, 4.69) is 6.07 Å². The highest BCUT2D eigenvalue weighted by Crippen LogP contribution is 2.41. The quantitative estimate of drug-likeness (QED) is 0.805. The molecule has 1 aliphatic heterocycles. The molecular weight excluding hydrogens is 296 g/mol. The molecule has 0 spiro atoms. The average molecular weight is 317 g/mol. The fraction of sp³-hybridized carbons (Fsp3) is 0.588. The molecule has 6 heteroatoms. The Labute approximate surface area is 136 Å². The van der Waals surface area contributed by atoms with Crippen LogP contribution in [0.2, 0.25) is 0 Å². The van der Waals surface area contributed by atoms with E-state index in [1.54, 1.807) is 13.0 Å². The molecule has 3 rings (SSSR count). The summed E-state index contributed by atoms with van der Waals surface area (Å²) in [6, 6.07) is 5.32. The third-order valence-corrected chi connectivity index (χ3v) is 4.93. The van der Waals surface area contributed by atoms with Crippen molar-refractivity contribution >= 4 is 12.6 Å². The first-order valence-corrected chi connectivity index (χ1v) is 7.85. The summed E-state index contributed by atoms with van der Waals surface area (Å²) in [5.41, 5.74) is -0.707. The van der Waals surface area contributed by atoms with Gasteiger partial charge < -0.3 is 14.0 Å². The third-order valence-electron chi connectivity index (χ3n) is 4.93. The molecule has 0 amide bonds. The molecule has 2 aliphatic rings. The second-order valence-corrected chi connectivity index (χ2v) is 7.46. The fourth-order valence-electron chi connectivity index (χ4n) is 2.55. The van der Waals surface area contributed by atoms with Crippen molar-refractivity contribution < 1.29 is 18.4 Å². The van der Waals surface area contributed by atoms with Gasteiger partial charge in [-0.1, -0.05) is 6.07 Å². The van der Waals surface area contributed by atoms with E-state index < -0.39 is 29.7 Å². The number of rotatable bonds is 3. The third kappa shape index (κ3) is 2.73. The average Bonchev–Trinajstić information content (AvgIpc) is 3.16. The lowest BCUT2D eigenvalue weighted by Crippen LogP contribution is -2.41. The first kappa shape index (κ1) is 16.3. The SMILES string of the molecule is Cc1cc(F)c(OC2(C#N)CC2)c(B2OC(C)(C)C(C)(C)O2)c1. The number of nitrogens with zero attached hydrogens (tertiary/aromatic N) is 1. The minimum absolute atomic E-state index is 0.0631. The van der Waals surface area contributed by atoms with Crippen LogP contribution in [0.25, 0.3) is 0 Å². The Hall–Kier alpha value is -1.58. The van der Waals surface area contributed by atoms with Crippen LogP contribution in [0.3, 0.4) is 0 Å². The molecule has 0 bridgehead atoms. The van der Waals surface area contributed by atoms with Crippen molar-refractivity contribution in [3.05, 3.63) is 23.5 Å². The van der Waals surface area contributed by atoms with Gasteiger partial charge in [-0.2, -0.15) is 5.26 Å². The Morgan fingerprint density at radius 1 is 1.17 bits per heavy atom. The summed E-state index contributed by atoms with van der Waals surface area (Å²) in [4.78, 5) is 0. The van der Waals surface area contributed by atoms with Crippen LogP contribution in [0.15, 0.2) is 12.1 Å². The Morgan fingerprint density at radius 2 is 1.74 bits per heavy atom. The van der Waals surface area contributed by atoms with Crippen LogP contribution < -0.4 is 10.2 Å². The molecule has 1 saturated heterocycles. The largest absolute Gasteiger partial charge is 0.498 e. The van der Waals surface area contributed by atoms with E-state index in [4.69, 9.17) is 14.0 Å². The second kappa shape index (κ2) is 4.96. The van der Waals surface area contributed by atoms with E-state index in [1.807, 2.05) is 27.7 Å². The number of halogens is 1. The molecule has 1 saturated carbocycles. The number of benzene rings is 1. The smallest absolute Gasteiger partial charge is 0.470 e. The molecule has 0 atom stereocenters. The van der Waals surface area contributed by atoms with Gasteiger partial charge in [0.15, 0.2) is 17.2 Å². The maximum absolute atomic E-state index is 14.5. The van der Waals surface area contributed by atoms with E-state index in [-0.39, 0.29) is 5.75 Å². The molecule has 2 fully saturated rings. The van der Waals surface area contributed by atoms with Gasteiger partial charge in [-0.3, -0.25) is 0 Å². The van der Waals surface area contributed by atoms with Gasteiger partial charge in [-0.05, 0) is 46.2 Å². The zero-order valence-corrected chi connectivity index (χ0v) is 14.2. The number of hydrogen-bond donors (Lipinski definition) is 0. The predicted octanol–water partition coefficient (Wildman–Crippen LogP) is 2.87.